The van der Waals surface area contributed by atoms with Crippen LogP contribution in [0.4, 0.5) is 0 Å². The van der Waals surface area contributed by atoms with Crippen molar-refractivity contribution in [1.82, 2.24) is 0 Å². The highest BCUT2D eigenvalue weighted by atomic mass is 31.2. The molecule has 254 valence electrons. The average molecular weight is 641 g/mol. The molecule has 8 nitrogen and oxygen atoms in total. The summed E-state index contributed by atoms with van der Waals surface area (Å²) in [6.07, 6.45) is 32.5. The first-order valence-corrected chi connectivity index (χ1v) is 20.3. The van der Waals surface area contributed by atoms with E-state index in [1.165, 1.54) is 109 Å². The zero-order chi connectivity index (χ0) is 32.7. The first kappa shape index (κ1) is 40.1. The topological polar surface area (TPSA) is 105 Å². The maximum Gasteiger partial charge on any atom is 0.784 e. The van der Waals surface area contributed by atoms with Crippen molar-refractivity contribution in [3.8, 4) is 0 Å². The van der Waals surface area contributed by atoms with Crippen LogP contribution in [0.2, 0.25) is 0 Å². The molecule has 44 heavy (non-hydrogen) atoms. The van der Waals surface area contributed by atoms with E-state index in [1.54, 1.807) is 31.1 Å². The monoisotopic (exact) mass is 640 g/mol. The van der Waals surface area contributed by atoms with Gasteiger partial charge in [0.1, 0.15) is 5.57 Å². The van der Waals surface area contributed by atoms with Gasteiger partial charge in [0.2, 0.25) is 0 Å². The molecule has 1 spiro atoms. The van der Waals surface area contributed by atoms with Crippen molar-refractivity contribution >= 4 is 38.1 Å². The molecular weight excluding hydrogens is 578 g/mol. The van der Waals surface area contributed by atoms with E-state index in [0.29, 0.717) is 0 Å². The molecule has 0 bridgehead atoms. The third-order valence-corrected chi connectivity index (χ3v) is 13.6. The summed E-state index contributed by atoms with van der Waals surface area (Å²) in [6.45, 7) is 9.09. The number of hydrogen-bond acceptors (Lipinski definition) is 8. The van der Waals surface area contributed by atoms with Gasteiger partial charge in [-0.25, -0.2) is 0 Å². The Morgan fingerprint density at radius 1 is 0.500 bits per heavy atom. The Hall–Kier alpha value is -1.89. The Labute approximate surface area is 268 Å². The SMILES string of the molecule is C=C1C(=O)O[B-]2(OC(=O)CCC(=O)O2)OC1=O.CCCCCCCCCCCCCC[P+](CCCC)(CCCC)CCCC. The van der Waals surface area contributed by atoms with E-state index in [9.17, 15) is 19.2 Å². The fourth-order valence-electron chi connectivity index (χ4n) is 5.72. The van der Waals surface area contributed by atoms with Gasteiger partial charge in [0.15, 0.2) is 0 Å². The van der Waals surface area contributed by atoms with Crippen LogP contribution in [0, 0.1) is 0 Å². The summed E-state index contributed by atoms with van der Waals surface area (Å²) in [5.41, 5.74) is -0.575. The second-order valence-electron chi connectivity index (χ2n) is 12.5. The van der Waals surface area contributed by atoms with Crippen LogP contribution in [0.3, 0.4) is 0 Å². The van der Waals surface area contributed by atoms with Gasteiger partial charge < -0.3 is 18.6 Å². The van der Waals surface area contributed by atoms with Gasteiger partial charge in [0.25, 0.3) is 11.9 Å². The van der Waals surface area contributed by atoms with Crippen LogP contribution in [0.15, 0.2) is 12.2 Å². The molecule has 0 saturated carbocycles. The van der Waals surface area contributed by atoms with Crippen molar-refractivity contribution in [2.24, 2.45) is 0 Å². The molecule has 2 aliphatic rings. The Morgan fingerprint density at radius 3 is 1.18 bits per heavy atom. The summed E-state index contributed by atoms with van der Waals surface area (Å²) in [5.74, 6) is -4.07. The van der Waals surface area contributed by atoms with E-state index >= 15 is 0 Å². The van der Waals surface area contributed by atoms with Crippen LogP contribution in [0.5, 0.6) is 0 Å². The minimum Gasteiger partial charge on any atom is -0.585 e. The summed E-state index contributed by atoms with van der Waals surface area (Å²) in [7, 11) is -0.626. The van der Waals surface area contributed by atoms with Crippen LogP contribution in [-0.2, 0) is 37.8 Å². The van der Waals surface area contributed by atoms with Gasteiger partial charge in [-0.3, -0.25) is 19.2 Å². The quantitative estimate of drug-likeness (QED) is 0.0379. The largest absolute Gasteiger partial charge is 0.784 e. The number of rotatable bonds is 22. The number of unbranched alkanes of at least 4 members (excludes halogenated alkanes) is 14. The fourth-order valence-corrected chi connectivity index (χ4v) is 10.9. The lowest BCUT2D eigenvalue weighted by Crippen LogP contribution is -2.57. The minimum absolute atomic E-state index is 0.252. The fraction of sp³-hybridized carbons (Fsp3) is 0.824. The maximum absolute atomic E-state index is 11.2. The van der Waals surface area contributed by atoms with E-state index < -0.39 is 43.7 Å². The van der Waals surface area contributed by atoms with Gasteiger partial charge in [0, 0.05) is 7.26 Å². The lowest BCUT2D eigenvalue weighted by atomic mass is 10.0. The summed E-state index contributed by atoms with van der Waals surface area (Å²) in [4.78, 5) is 44.7. The van der Waals surface area contributed by atoms with Crippen molar-refractivity contribution in [2.75, 3.05) is 24.6 Å². The predicted molar refractivity (Wildman–Crippen MR) is 181 cm³/mol. The van der Waals surface area contributed by atoms with Crippen LogP contribution >= 0.6 is 7.26 Å². The standard InChI is InChI=1S/C26H56P.C8H6BO8/c1-5-9-13-14-15-16-17-18-19-20-21-22-26-27(23-10-6-2,24-11-7-3)25-12-8-4;1-4-7(12)16-9(17-8(4)13)14-5(10)2-3-6(11)15-9/h5-26H2,1-4H3;1-3H2/q+1;-1. The Bertz CT molecular complexity index is 816. The zero-order valence-corrected chi connectivity index (χ0v) is 29.4. The van der Waals surface area contributed by atoms with Gasteiger partial charge in [-0.1, -0.05) is 118 Å². The van der Waals surface area contributed by atoms with Gasteiger partial charge in [-0.2, -0.15) is 0 Å². The molecule has 0 aromatic rings. The van der Waals surface area contributed by atoms with E-state index in [0.717, 1.165) is 0 Å². The average Bonchev–Trinajstić information content (AvgIpc) is 3.13. The van der Waals surface area contributed by atoms with Crippen molar-refractivity contribution in [2.45, 2.75) is 156 Å². The smallest absolute Gasteiger partial charge is 0.585 e. The summed E-state index contributed by atoms with van der Waals surface area (Å²) >= 11 is 0. The van der Waals surface area contributed by atoms with E-state index in [1.807, 2.05) is 0 Å². The molecule has 0 N–H and O–H groups in total. The van der Waals surface area contributed by atoms with Gasteiger partial charge in [0.05, 0.1) is 37.5 Å². The van der Waals surface area contributed by atoms with Crippen LogP contribution in [-0.4, -0.2) is 55.5 Å². The van der Waals surface area contributed by atoms with E-state index in [-0.39, 0.29) is 12.8 Å². The van der Waals surface area contributed by atoms with E-state index in [4.69, 9.17) is 0 Å². The number of carbonyl (C=O) groups excluding carboxylic acids is 4. The Kier molecular flexibility index (Phi) is 21.4. The lowest BCUT2D eigenvalue weighted by Gasteiger charge is -2.39. The highest BCUT2D eigenvalue weighted by molar-refractivity contribution is 7.75. The molecule has 0 aromatic carbocycles. The lowest BCUT2D eigenvalue weighted by molar-refractivity contribution is -0.163. The summed E-state index contributed by atoms with van der Waals surface area (Å²) < 4.78 is 18.1. The van der Waals surface area contributed by atoms with Gasteiger partial charge in [-0.15, -0.1) is 0 Å². The van der Waals surface area contributed by atoms with Crippen LogP contribution in [0.1, 0.15) is 156 Å². The third-order valence-electron chi connectivity index (χ3n) is 8.52. The molecule has 0 atom stereocenters. The first-order valence-electron chi connectivity index (χ1n) is 17.7. The molecule has 0 radical (unpaired) electrons. The molecule has 0 aliphatic carbocycles. The molecule has 10 heteroatoms. The first-order chi connectivity index (χ1) is 21.2. The Morgan fingerprint density at radius 2 is 0.818 bits per heavy atom. The second kappa shape index (κ2) is 23.5. The molecule has 0 unspecified atom stereocenters. The molecule has 2 rings (SSSR count). The molecule has 2 heterocycles. The minimum atomic E-state index is -3.48. The summed E-state index contributed by atoms with van der Waals surface area (Å²) in [6, 6.07) is 0. The van der Waals surface area contributed by atoms with Crippen molar-refractivity contribution in [3.63, 3.8) is 0 Å². The predicted octanol–water partition coefficient (Wildman–Crippen LogP) is 9.06. The molecule has 0 aromatic heterocycles. The van der Waals surface area contributed by atoms with Crippen molar-refractivity contribution < 1.29 is 37.8 Å². The maximum atomic E-state index is 11.2. The Balaban J connectivity index is 0.000000483. The number of hydrogen-bond donors (Lipinski definition) is 0. The summed E-state index contributed by atoms with van der Waals surface area (Å²) in [5, 5.41) is 0. The highest BCUT2D eigenvalue weighted by Crippen LogP contribution is 2.61. The van der Waals surface area contributed by atoms with E-state index in [2.05, 4.69) is 52.9 Å². The number of carbonyl (C=O) groups is 4. The highest BCUT2D eigenvalue weighted by Gasteiger charge is 2.53. The molecule has 2 saturated heterocycles. The van der Waals surface area contributed by atoms with Crippen molar-refractivity contribution in [1.29, 1.82) is 0 Å². The molecule has 0 amide bonds. The van der Waals surface area contributed by atoms with Crippen LogP contribution < -0.4 is 0 Å². The third kappa shape index (κ3) is 16.4. The zero-order valence-electron chi connectivity index (χ0n) is 28.5. The second-order valence-corrected chi connectivity index (χ2v) is 17.0. The van der Waals surface area contributed by atoms with Gasteiger partial charge in [-0.05, 0) is 32.1 Å². The molecular formula is C34H62BO8P. The molecule has 2 aliphatic heterocycles. The van der Waals surface area contributed by atoms with Crippen molar-refractivity contribution in [3.05, 3.63) is 12.2 Å². The molecule has 2 fully saturated rings. The van der Waals surface area contributed by atoms with Gasteiger partial charge >= 0.3 is 18.9 Å². The van der Waals surface area contributed by atoms with Crippen LogP contribution in [0.25, 0.3) is 0 Å². The normalized spacial score (nSPS) is 16.4.